The average molecular weight is 270 g/mol. The molecule has 102 valence electrons. The number of hydrogen-bond donors (Lipinski definition) is 4. The minimum absolute atomic E-state index is 0.343. The van der Waals surface area contributed by atoms with Gasteiger partial charge in [0.15, 0.2) is 0 Å². The Morgan fingerprint density at radius 2 is 1.55 bits per heavy atom. The monoisotopic (exact) mass is 270 g/mol. The molecule has 6 heteroatoms. The van der Waals surface area contributed by atoms with E-state index in [1.807, 2.05) is 0 Å². The van der Waals surface area contributed by atoms with Crippen LogP contribution in [0, 0.1) is 0 Å². The summed E-state index contributed by atoms with van der Waals surface area (Å²) in [7, 11) is 0. The zero-order valence-electron chi connectivity index (χ0n) is 10.6. The van der Waals surface area contributed by atoms with E-state index in [1.54, 1.807) is 36.4 Å². The smallest absolute Gasteiger partial charge is 0.326 e. The van der Waals surface area contributed by atoms with Gasteiger partial charge in [0, 0.05) is 11.3 Å². The summed E-state index contributed by atoms with van der Waals surface area (Å²) >= 11 is 0. The predicted molar refractivity (Wildman–Crippen MR) is 78.2 cm³/mol. The molecule has 0 aromatic heterocycles. The van der Waals surface area contributed by atoms with Gasteiger partial charge in [0.25, 0.3) is 5.91 Å². The SMILES string of the molecule is Nc1ccc(C(=O)NC(=O)Nc2ccccc2N)cc1. The molecule has 0 aliphatic heterocycles. The molecule has 2 rings (SSSR count). The van der Waals surface area contributed by atoms with Gasteiger partial charge in [-0.2, -0.15) is 0 Å². The maximum absolute atomic E-state index is 11.8. The zero-order chi connectivity index (χ0) is 14.5. The summed E-state index contributed by atoms with van der Waals surface area (Å²) in [6.07, 6.45) is 0. The van der Waals surface area contributed by atoms with Gasteiger partial charge in [-0.05, 0) is 36.4 Å². The van der Waals surface area contributed by atoms with E-state index < -0.39 is 11.9 Å². The molecule has 3 amide bonds. The Labute approximate surface area is 115 Å². The van der Waals surface area contributed by atoms with Crippen molar-refractivity contribution in [2.45, 2.75) is 0 Å². The van der Waals surface area contributed by atoms with E-state index in [0.29, 0.717) is 22.6 Å². The molecule has 0 heterocycles. The lowest BCUT2D eigenvalue weighted by molar-refractivity contribution is 0.0967. The number of rotatable bonds is 2. The van der Waals surface area contributed by atoms with E-state index in [9.17, 15) is 9.59 Å². The number of para-hydroxylation sites is 2. The van der Waals surface area contributed by atoms with Crippen LogP contribution in [-0.2, 0) is 0 Å². The summed E-state index contributed by atoms with van der Waals surface area (Å²) in [6, 6.07) is 12.4. The molecule has 0 atom stereocenters. The summed E-state index contributed by atoms with van der Waals surface area (Å²) in [6.45, 7) is 0. The number of nitrogens with two attached hydrogens (primary N) is 2. The van der Waals surface area contributed by atoms with Crippen LogP contribution in [0.1, 0.15) is 10.4 Å². The van der Waals surface area contributed by atoms with Crippen LogP contribution < -0.4 is 22.1 Å². The van der Waals surface area contributed by atoms with Gasteiger partial charge in [-0.25, -0.2) is 4.79 Å². The lowest BCUT2D eigenvalue weighted by Crippen LogP contribution is -2.34. The fourth-order valence-corrected chi connectivity index (χ4v) is 1.57. The predicted octanol–water partition coefficient (Wildman–Crippen LogP) is 1.81. The van der Waals surface area contributed by atoms with Crippen molar-refractivity contribution in [2.75, 3.05) is 16.8 Å². The number of carbonyl (C=O) groups is 2. The van der Waals surface area contributed by atoms with Crippen molar-refractivity contribution in [1.29, 1.82) is 0 Å². The molecule has 2 aromatic carbocycles. The molecule has 6 nitrogen and oxygen atoms in total. The molecular weight excluding hydrogens is 256 g/mol. The van der Waals surface area contributed by atoms with Gasteiger partial charge in [0.05, 0.1) is 11.4 Å². The Morgan fingerprint density at radius 1 is 0.900 bits per heavy atom. The van der Waals surface area contributed by atoms with Crippen molar-refractivity contribution in [3.63, 3.8) is 0 Å². The van der Waals surface area contributed by atoms with Crippen LogP contribution in [0.25, 0.3) is 0 Å². The molecule has 20 heavy (non-hydrogen) atoms. The molecular formula is C14H14N4O2. The Hall–Kier alpha value is -3.02. The lowest BCUT2D eigenvalue weighted by Gasteiger charge is -2.08. The minimum atomic E-state index is -0.648. The number of nitrogens with one attached hydrogen (secondary N) is 2. The number of benzene rings is 2. The molecule has 0 aliphatic carbocycles. The Bertz CT molecular complexity index is 638. The fraction of sp³-hybridized carbons (Fsp3) is 0. The maximum Gasteiger partial charge on any atom is 0.326 e. The summed E-state index contributed by atoms with van der Waals surface area (Å²) in [5.74, 6) is -0.517. The second kappa shape index (κ2) is 5.75. The average Bonchev–Trinajstić information content (AvgIpc) is 2.42. The topological polar surface area (TPSA) is 110 Å². The first-order valence-electron chi connectivity index (χ1n) is 5.88. The van der Waals surface area contributed by atoms with Gasteiger partial charge in [-0.15, -0.1) is 0 Å². The second-order valence-corrected chi connectivity index (χ2v) is 4.12. The van der Waals surface area contributed by atoms with E-state index in [1.165, 1.54) is 12.1 Å². The van der Waals surface area contributed by atoms with Crippen molar-refractivity contribution >= 4 is 29.0 Å². The van der Waals surface area contributed by atoms with Crippen LogP contribution in [0.15, 0.2) is 48.5 Å². The number of urea groups is 1. The Kier molecular flexibility index (Phi) is 3.85. The first kappa shape index (κ1) is 13.4. The van der Waals surface area contributed by atoms with Crippen LogP contribution in [0.2, 0.25) is 0 Å². The molecule has 6 N–H and O–H groups in total. The highest BCUT2D eigenvalue weighted by Gasteiger charge is 2.10. The molecule has 0 aliphatic rings. The maximum atomic E-state index is 11.8. The quantitative estimate of drug-likeness (QED) is 0.624. The molecule has 0 bridgehead atoms. The third-order valence-electron chi connectivity index (χ3n) is 2.61. The zero-order valence-corrected chi connectivity index (χ0v) is 10.6. The highest BCUT2D eigenvalue weighted by atomic mass is 16.2. The highest BCUT2D eigenvalue weighted by Crippen LogP contribution is 2.16. The van der Waals surface area contributed by atoms with Crippen molar-refractivity contribution < 1.29 is 9.59 Å². The van der Waals surface area contributed by atoms with Crippen LogP contribution >= 0.6 is 0 Å². The van der Waals surface area contributed by atoms with Gasteiger partial charge in [0.2, 0.25) is 0 Å². The summed E-state index contributed by atoms with van der Waals surface area (Å²) in [5, 5.41) is 4.71. The largest absolute Gasteiger partial charge is 0.399 e. The summed E-state index contributed by atoms with van der Waals surface area (Å²) < 4.78 is 0. The minimum Gasteiger partial charge on any atom is -0.399 e. The van der Waals surface area contributed by atoms with E-state index in [2.05, 4.69) is 10.6 Å². The first-order chi connectivity index (χ1) is 9.56. The van der Waals surface area contributed by atoms with Gasteiger partial charge >= 0.3 is 6.03 Å². The fourth-order valence-electron chi connectivity index (χ4n) is 1.57. The van der Waals surface area contributed by atoms with E-state index in [4.69, 9.17) is 11.5 Å². The number of carbonyl (C=O) groups excluding carboxylic acids is 2. The Morgan fingerprint density at radius 3 is 2.20 bits per heavy atom. The van der Waals surface area contributed by atoms with Gasteiger partial charge in [-0.1, -0.05) is 12.1 Å². The van der Waals surface area contributed by atoms with Crippen LogP contribution in [0.4, 0.5) is 21.9 Å². The van der Waals surface area contributed by atoms with E-state index in [-0.39, 0.29) is 0 Å². The van der Waals surface area contributed by atoms with Crippen LogP contribution in [-0.4, -0.2) is 11.9 Å². The van der Waals surface area contributed by atoms with Gasteiger partial charge in [0.1, 0.15) is 0 Å². The molecule has 0 radical (unpaired) electrons. The summed E-state index contributed by atoms with van der Waals surface area (Å²) in [5.41, 5.74) is 13.0. The van der Waals surface area contributed by atoms with Crippen molar-refractivity contribution in [2.24, 2.45) is 0 Å². The van der Waals surface area contributed by atoms with Crippen molar-refractivity contribution in [3.8, 4) is 0 Å². The number of amides is 3. The van der Waals surface area contributed by atoms with Gasteiger partial charge < -0.3 is 16.8 Å². The Balaban J connectivity index is 2.00. The normalized spacial score (nSPS) is 9.80. The van der Waals surface area contributed by atoms with Crippen molar-refractivity contribution in [1.82, 2.24) is 5.32 Å². The number of imide groups is 1. The lowest BCUT2D eigenvalue weighted by atomic mass is 10.2. The van der Waals surface area contributed by atoms with E-state index >= 15 is 0 Å². The molecule has 0 unspecified atom stereocenters. The molecule has 0 spiro atoms. The number of nitrogen functional groups attached to an aromatic ring is 2. The third kappa shape index (κ3) is 3.26. The standard InChI is InChI=1S/C14H14N4O2/c15-10-7-5-9(6-8-10)13(19)18-14(20)17-12-4-2-1-3-11(12)16/h1-8H,15-16H2,(H2,17,18,19,20). The molecule has 0 saturated carbocycles. The number of anilines is 3. The number of hydrogen-bond acceptors (Lipinski definition) is 4. The highest BCUT2D eigenvalue weighted by molar-refractivity contribution is 6.08. The van der Waals surface area contributed by atoms with Crippen LogP contribution in [0.3, 0.4) is 0 Å². The van der Waals surface area contributed by atoms with Crippen molar-refractivity contribution in [3.05, 3.63) is 54.1 Å². The second-order valence-electron chi connectivity index (χ2n) is 4.12. The molecule has 0 saturated heterocycles. The first-order valence-corrected chi connectivity index (χ1v) is 5.88. The van der Waals surface area contributed by atoms with Gasteiger partial charge in [-0.3, -0.25) is 10.1 Å². The molecule has 2 aromatic rings. The third-order valence-corrected chi connectivity index (χ3v) is 2.61. The van der Waals surface area contributed by atoms with E-state index in [0.717, 1.165) is 0 Å². The molecule has 0 fully saturated rings. The van der Waals surface area contributed by atoms with Crippen LogP contribution in [0.5, 0.6) is 0 Å². The summed E-state index contributed by atoms with van der Waals surface area (Å²) in [4.78, 5) is 23.5.